The van der Waals surface area contributed by atoms with E-state index in [1.807, 2.05) is 56.3 Å². The molecule has 512 valence electrons. The van der Waals surface area contributed by atoms with Gasteiger partial charge in [0.05, 0.1) is 12.2 Å². The number of halogens is 1. The monoisotopic (exact) mass is 1340 g/mol. The molecule has 7 atom stereocenters. The Morgan fingerprint density at radius 1 is 0.542 bits per heavy atom. The molecule has 14 N–H and O–H groups in total. The first-order chi connectivity index (χ1) is 46.1. The number of aromatic hydroxyl groups is 1. The van der Waals surface area contributed by atoms with Crippen LogP contribution in [0, 0.1) is 5.92 Å². The van der Waals surface area contributed by atoms with Gasteiger partial charge in [0.2, 0.25) is 47.3 Å². The van der Waals surface area contributed by atoms with Crippen LogP contribution < -0.4 is 54.0 Å². The number of carbonyl (C=O) groups excluding carboxylic acids is 9. The number of rotatable bonds is 38. The number of nitrogens with zero attached hydrogens (tertiary/aromatic N) is 4. The van der Waals surface area contributed by atoms with E-state index in [2.05, 4.69) is 57.5 Å². The first-order valence-corrected chi connectivity index (χ1v) is 32.5. The van der Waals surface area contributed by atoms with Crippen molar-refractivity contribution in [3.8, 4) is 5.75 Å². The molecule has 0 radical (unpaired) electrons. The van der Waals surface area contributed by atoms with E-state index < -0.39 is 96.2 Å². The number of unbranched alkanes of at least 4 members (excludes halogenated alkanes) is 4. The van der Waals surface area contributed by atoms with Crippen LogP contribution in [0.2, 0.25) is 5.02 Å². The Morgan fingerprint density at radius 3 is 1.71 bits per heavy atom. The summed E-state index contributed by atoms with van der Waals surface area (Å²) in [6.07, 6.45) is 9.35. The Kier molecular flexibility index (Phi) is 30.5. The number of aliphatic hydroxyl groups is 1. The van der Waals surface area contributed by atoms with Gasteiger partial charge in [0.1, 0.15) is 48.0 Å². The summed E-state index contributed by atoms with van der Waals surface area (Å²) >= 11 is 6.24. The van der Waals surface area contributed by atoms with E-state index in [0.29, 0.717) is 53.2 Å². The maximum atomic E-state index is 15.0. The second-order valence-electron chi connectivity index (χ2n) is 24.0. The largest absolute Gasteiger partial charge is 0.508 e. The van der Waals surface area contributed by atoms with Gasteiger partial charge in [0.15, 0.2) is 5.96 Å². The van der Waals surface area contributed by atoms with Crippen LogP contribution in [-0.4, -0.2) is 160 Å². The summed E-state index contributed by atoms with van der Waals surface area (Å²) in [7, 11) is 1.28. The molecule has 0 saturated heterocycles. The highest BCUT2D eigenvalue weighted by molar-refractivity contribution is 6.30. The third-order valence-electron chi connectivity index (χ3n) is 15.8. The lowest BCUT2D eigenvalue weighted by atomic mass is 9.99. The topological polar surface area (TPSA) is 384 Å². The van der Waals surface area contributed by atoms with Crippen LogP contribution in [0.3, 0.4) is 0 Å². The molecule has 6 rings (SSSR count). The van der Waals surface area contributed by atoms with Crippen LogP contribution in [0.15, 0.2) is 145 Å². The summed E-state index contributed by atoms with van der Waals surface area (Å²) < 4.78 is 0. The van der Waals surface area contributed by atoms with Crippen LogP contribution >= 0.6 is 11.6 Å². The highest BCUT2D eigenvalue weighted by Gasteiger charge is 2.37. The second-order valence-corrected chi connectivity index (χ2v) is 24.4. The highest BCUT2D eigenvalue weighted by Crippen LogP contribution is 2.20. The number of aromatic nitrogens is 2. The number of nitrogens with one attached hydrogen (secondary N) is 8. The van der Waals surface area contributed by atoms with Gasteiger partial charge in [-0.05, 0) is 120 Å². The van der Waals surface area contributed by atoms with E-state index in [0.717, 1.165) is 40.5 Å². The van der Waals surface area contributed by atoms with Crippen molar-refractivity contribution in [3.05, 3.63) is 173 Å². The normalized spacial score (nSPS) is 13.2. The number of hydrogen-bond acceptors (Lipinski definition) is 14. The van der Waals surface area contributed by atoms with Gasteiger partial charge in [0, 0.05) is 89.1 Å². The Bertz CT molecular complexity index is 3560. The Labute approximate surface area is 564 Å². The van der Waals surface area contributed by atoms with Crippen LogP contribution in [0.4, 0.5) is 0 Å². The summed E-state index contributed by atoms with van der Waals surface area (Å²) in [5.41, 5.74) is 13.4. The fourth-order valence-corrected chi connectivity index (χ4v) is 10.8. The predicted octanol–water partition coefficient (Wildman–Crippen LogP) is 3.60. The summed E-state index contributed by atoms with van der Waals surface area (Å²) in [4.78, 5) is 141. The Hall–Kier alpha value is -10.0. The van der Waals surface area contributed by atoms with Gasteiger partial charge >= 0.3 is 0 Å². The molecule has 0 aliphatic heterocycles. The summed E-state index contributed by atoms with van der Waals surface area (Å²) in [5.74, 6) is -6.43. The molecule has 0 fully saturated rings. The van der Waals surface area contributed by atoms with Crippen LogP contribution in [-0.2, 0) is 64.0 Å². The number of carbonyl (C=O) groups is 9. The van der Waals surface area contributed by atoms with Gasteiger partial charge in [-0.1, -0.05) is 111 Å². The van der Waals surface area contributed by atoms with E-state index in [1.54, 1.807) is 54.7 Å². The number of nitrogens with two attached hydrogens (primary N) is 2. The third-order valence-corrected chi connectivity index (χ3v) is 16.0. The van der Waals surface area contributed by atoms with Crippen molar-refractivity contribution >= 4 is 81.5 Å². The SMILES string of the molecule is CC(=O)N[C@H](Cc1ccc2ccccc2c1)C(=O)N[C@H](Cc1ccc(Cl)cc1)C(=O)N[C@H](Cc1cccnc1)C(=O)N[C@@H](CO)C(=O)N(C)[C@@H](Cc1ccc(O)cc1)C(=O)N[C@H](CCCCNC(=O)c1cccnc1)C(=O)N[C@@H](CC(C)C)C(=O)NCCCCCCN=C(N)N. The smallest absolute Gasteiger partial charge is 0.252 e. The molecule has 2 heterocycles. The lowest BCUT2D eigenvalue weighted by molar-refractivity contribution is -0.144. The molecule has 2 aromatic heterocycles. The molecule has 0 saturated carbocycles. The number of amides is 9. The zero-order valence-electron chi connectivity index (χ0n) is 54.6. The molecule has 6 aromatic rings. The number of aliphatic imine (C=N–C) groups is 1. The van der Waals surface area contributed by atoms with E-state index in [4.69, 9.17) is 23.1 Å². The minimum Gasteiger partial charge on any atom is -0.508 e. The lowest BCUT2D eigenvalue weighted by Crippen LogP contribution is -2.61. The van der Waals surface area contributed by atoms with E-state index in [-0.39, 0.29) is 75.0 Å². The minimum atomic E-state index is -1.76. The fourth-order valence-electron chi connectivity index (χ4n) is 10.7. The van der Waals surface area contributed by atoms with Gasteiger partial charge in [-0.15, -0.1) is 0 Å². The fraction of sp³-hybridized carbons (Fsp3) is 0.400. The maximum Gasteiger partial charge on any atom is 0.252 e. The minimum absolute atomic E-state index is 0.00457. The molecule has 0 unspecified atom stereocenters. The number of fused-ring (bicyclic) bond motifs is 1. The molecule has 26 heteroatoms. The number of phenolic OH excluding ortho intramolecular Hbond substituents is 1. The van der Waals surface area contributed by atoms with Gasteiger partial charge in [-0.2, -0.15) is 0 Å². The Balaban J connectivity index is 1.24. The van der Waals surface area contributed by atoms with Crippen molar-refractivity contribution in [2.75, 3.05) is 33.3 Å². The predicted molar refractivity (Wildman–Crippen MR) is 365 cm³/mol. The standard InChI is InChI=1S/C70H89ClN14O11/c1-44(2)35-56(63(90)77-32-10-5-6-11-34-78-70(72)73)81-64(91)55(19-9-12-33-76-62(89)52-18-14-31-75-42-52)80-68(95)61(40-47-23-28-54(88)29-24-47)85(4)69(96)60(43-86)84-67(94)59(39-49-15-13-30-74-41-49)83-66(93)58(37-46-21-26-53(71)27-22-46)82-65(92)57(79-45(3)87)38-48-20-25-50-16-7-8-17-51(50)36-48/h7-8,13-18,20-31,36,41-42,44,55-61,86,88H,5-6,9-12,19,32-35,37-40,43H2,1-4H3,(H,76,89)(H,77,90)(H,79,87)(H,80,95)(H,81,91)(H,82,92)(H,83,93)(H,84,94)(H4,72,73,78)/t55-,56+,57-,58-,59-,60+,61+/m1/s1. The van der Waals surface area contributed by atoms with E-state index >= 15 is 4.79 Å². The molecule has 0 aliphatic rings. The lowest BCUT2D eigenvalue weighted by Gasteiger charge is -2.32. The molecule has 0 aliphatic carbocycles. The molecule has 4 aromatic carbocycles. The van der Waals surface area contributed by atoms with Crippen molar-refractivity contribution in [2.45, 2.75) is 140 Å². The van der Waals surface area contributed by atoms with E-state index in [9.17, 15) is 48.6 Å². The van der Waals surface area contributed by atoms with Crippen LogP contribution in [0.5, 0.6) is 5.75 Å². The van der Waals surface area contributed by atoms with Crippen molar-refractivity contribution in [1.29, 1.82) is 0 Å². The number of hydrogen-bond donors (Lipinski definition) is 12. The summed E-state index contributed by atoms with van der Waals surface area (Å²) in [6, 6.07) is 22.6. The molecule has 0 bridgehead atoms. The van der Waals surface area contributed by atoms with Gasteiger partial charge in [-0.25, -0.2) is 0 Å². The number of pyridine rings is 2. The second kappa shape index (κ2) is 39.0. The quantitative estimate of drug-likeness (QED) is 0.0150. The van der Waals surface area contributed by atoms with Gasteiger partial charge in [0.25, 0.3) is 5.91 Å². The van der Waals surface area contributed by atoms with Crippen molar-refractivity contribution in [3.63, 3.8) is 0 Å². The zero-order chi connectivity index (χ0) is 69.5. The molecular weight excluding hydrogens is 1250 g/mol. The van der Waals surface area contributed by atoms with Crippen molar-refractivity contribution in [1.82, 2.24) is 57.4 Å². The van der Waals surface area contributed by atoms with Gasteiger partial charge in [-0.3, -0.25) is 58.1 Å². The Morgan fingerprint density at radius 2 is 1.08 bits per heavy atom. The molecule has 9 amide bonds. The number of benzene rings is 4. The average molecular weight is 1340 g/mol. The molecule has 25 nitrogen and oxygen atoms in total. The van der Waals surface area contributed by atoms with Crippen LogP contribution in [0.1, 0.15) is 105 Å². The maximum absolute atomic E-state index is 15.0. The zero-order valence-corrected chi connectivity index (χ0v) is 55.4. The van der Waals surface area contributed by atoms with Gasteiger partial charge < -0.3 is 69.1 Å². The molecular formula is C70H89ClN14O11. The molecule has 96 heavy (non-hydrogen) atoms. The first kappa shape index (κ1) is 75.0. The van der Waals surface area contributed by atoms with Crippen LogP contribution in [0.25, 0.3) is 10.8 Å². The van der Waals surface area contributed by atoms with Crippen molar-refractivity contribution in [2.24, 2.45) is 22.4 Å². The number of guanidine groups is 1. The van der Waals surface area contributed by atoms with E-state index in [1.165, 1.54) is 56.8 Å². The first-order valence-electron chi connectivity index (χ1n) is 32.1. The molecule has 0 spiro atoms. The average Bonchev–Trinajstić information content (AvgIpc) is 0.864. The number of likely N-dealkylation sites (N-methyl/N-ethyl adjacent to an activating group) is 1. The van der Waals surface area contributed by atoms with Crippen molar-refractivity contribution < 1.29 is 53.4 Å². The summed E-state index contributed by atoms with van der Waals surface area (Å²) in [5, 5.41) is 45.8. The summed E-state index contributed by atoms with van der Waals surface area (Å²) in [6.45, 7) is 5.05. The number of phenols is 1. The highest BCUT2D eigenvalue weighted by atomic mass is 35.5. The third kappa shape index (κ3) is 25.4. The number of aliphatic hydroxyl groups excluding tert-OH is 1.